The molecule has 0 aromatic rings. The van der Waals surface area contributed by atoms with Gasteiger partial charge in [0.1, 0.15) is 6.17 Å². The first-order chi connectivity index (χ1) is 6.93. The number of nitrogens with one attached hydrogen (secondary N) is 1. The van der Waals surface area contributed by atoms with Crippen LogP contribution in [0, 0.1) is 0 Å². The summed E-state index contributed by atoms with van der Waals surface area (Å²) in [5.74, 6) is 0. The Bertz CT molecular complexity index is 278. The molecule has 0 aromatic heterocycles. The first kappa shape index (κ1) is 12.2. The Morgan fingerprint density at radius 2 is 2.13 bits per heavy atom. The van der Waals surface area contributed by atoms with Gasteiger partial charge in [0.15, 0.2) is 0 Å². The molecule has 5 heteroatoms. The van der Waals surface area contributed by atoms with E-state index in [2.05, 4.69) is 5.32 Å². The fourth-order valence-electron chi connectivity index (χ4n) is 1.48. The first-order valence-electron chi connectivity index (χ1n) is 4.70. The third-order valence-corrected chi connectivity index (χ3v) is 2.19. The molecule has 0 aliphatic heterocycles. The summed E-state index contributed by atoms with van der Waals surface area (Å²) in [6.45, 7) is 0.361. The van der Waals surface area contributed by atoms with Crippen LogP contribution in [0.2, 0.25) is 0 Å². The van der Waals surface area contributed by atoms with Crippen LogP contribution in [0.5, 0.6) is 0 Å². The van der Waals surface area contributed by atoms with E-state index in [1.54, 1.807) is 7.05 Å². The molecule has 1 rings (SSSR count). The van der Waals surface area contributed by atoms with E-state index in [-0.39, 0.29) is 6.42 Å². The van der Waals surface area contributed by atoms with Crippen molar-refractivity contribution in [1.82, 2.24) is 5.32 Å². The minimum Gasteiger partial charge on any atom is -0.316 e. The molecular weight excluding hydrogens is 210 g/mol. The Balaban J connectivity index is 2.91. The summed E-state index contributed by atoms with van der Waals surface area (Å²) < 4.78 is 50.2. The van der Waals surface area contributed by atoms with Crippen LogP contribution in [0.3, 0.4) is 0 Å². The van der Waals surface area contributed by atoms with Crippen molar-refractivity contribution in [2.45, 2.75) is 25.2 Å². The molecule has 1 unspecified atom stereocenters. The van der Waals surface area contributed by atoms with Crippen molar-refractivity contribution in [2.24, 2.45) is 0 Å². The van der Waals surface area contributed by atoms with Gasteiger partial charge in [-0.15, -0.1) is 0 Å². The zero-order valence-corrected chi connectivity index (χ0v) is 8.37. The second-order valence-electron chi connectivity index (χ2n) is 3.51. The Hall–Kier alpha value is -0.840. The van der Waals surface area contributed by atoms with Crippen LogP contribution in [-0.2, 0) is 0 Å². The summed E-state index contributed by atoms with van der Waals surface area (Å²) in [6, 6.07) is 0. The lowest BCUT2D eigenvalue weighted by atomic mass is 10.1. The van der Waals surface area contributed by atoms with E-state index in [1.165, 1.54) is 0 Å². The van der Waals surface area contributed by atoms with E-state index in [9.17, 15) is 17.6 Å². The molecule has 0 spiro atoms. The molecule has 0 heterocycles. The van der Waals surface area contributed by atoms with Gasteiger partial charge < -0.3 is 5.32 Å². The van der Waals surface area contributed by atoms with Crippen LogP contribution >= 0.6 is 0 Å². The van der Waals surface area contributed by atoms with Crippen molar-refractivity contribution in [3.63, 3.8) is 0 Å². The van der Waals surface area contributed by atoms with Crippen LogP contribution < -0.4 is 5.32 Å². The van der Waals surface area contributed by atoms with Crippen molar-refractivity contribution in [3.05, 3.63) is 23.3 Å². The Kier molecular flexibility index (Phi) is 3.90. The Morgan fingerprint density at radius 1 is 1.47 bits per heavy atom. The number of halogens is 4. The molecule has 15 heavy (non-hydrogen) atoms. The number of allylic oxidation sites excluding steroid dienone is 3. The molecule has 1 N–H and O–H groups in total. The highest BCUT2D eigenvalue weighted by Crippen LogP contribution is 2.31. The molecule has 0 saturated heterocycles. The van der Waals surface area contributed by atoms with Gasteiger partial charge in [-0.1, -0.05) is 5.57 Å². The maximum Gasteiger partial charge on any atom is 0.416 e. The lowest BCUT2D eigenvalue weighted by Crippen LogP contribution is -2.13. The fourth-order valence-corrected chi connectivity index (χ4v) is 1.48. The highest BCUT2D eigenvalue weighted by molar-refractivity contribution is 5.31. The van der Waals surface area contributed by atoms with Crippen LogP contribution in [0.25, 0.3) is 0 Å². The lowest BCUT2D eigenvalue weighted by molar-refractivity contribution is -0.0887. The molecule has 0 saturated carbocycles. The summed E-state index contributed by atoms with van der Waals surface area (Å²) >= 11 is 0. The predicted octanol–water partition coefficient (Wildman–Crippen LogP) is 2.75. The molecule has 0 radical (unpaired) electrons. The average molecular weight is 223 g/mol. The number of hydrogen-bond donors (Lipinski definition) is 1. The van der Waals surface area contributed by atoms with Gasteiger partial charge in [-0.2, -0.15) is 13.2 Å². The van der Waals surface area contributed by atoms with E-state index in [1.807, 2.05) is 0 Å². The smallest absolute Gasteiger partial charge is 0.316 e. The third-order valence-electron chi connectivity index (χ3n) is 2.19. The summed E-state index contributed by atoms with van der Waals surface area (Å²) in [4.78, 5) is 0. The van der Waals surface area contributed by atoms with Gasteiger partial charge >= 0.3 is 6.18 Å². The normalized spacial score (nSPS) is 23.1. The second-order valence-corrected chi connectivity index (χ2v) is 3.51. The van der Waals surface area contributed by atoms with Crippen LogP contribution in [0.1, 0.15) is 12.8 Å². The van der Waals surface area contributed by atoms with E-state index >= 15 is 0 Å². The topological polar surface area (TPSA) is 12.0 Å². The van der Waals surface area contributed by atoms with Crippen LogP contribution in [-0.4, -0.2) is 25.9 Å². The molecule has 1 aliphatic carbocycles. The molecule has 1 atom stereocenters. The highest BCUT2D eigenvalue weighted by Gasteiger charge is 2.33. The summed E-state index contributed by atoms with van der Waals surface area (Å²) in [5.41, 5.74) is -0.293. The van der Waals surface area contributed by atoms with E-state index in [0.29, 0.717) is 24.6 Å². The number of alkyl halides is 4. The molecule has 0 fully saturated rings. The minimum atomic E-state index is -4.46. The Morgan fingerprint density at radius 3 is 2.67 bits per heavy atom. The van der Waals surface area contributed by atoms with Crippen LogP contribution in [0.4, 0.5) is 17.6 Å². The molecule has 0 amide bonds. The van der Waals surface area contributed by atoms with Gasteiger partial charge in [0, 0.05) is 6.54 Å². The third kappa shape index (κ3) is 3.66. The molecule has 0 bridgehead atoms. The van der Waals surface area contributed by atoms with Gasteiger partial charge in [0.05, 0.1) is 5.57 Å². The van der Waals surface area contributed by atoms with Gasteiger partial charge in [-0.3, -0.25) is 0 Å². The van der Waals surface area contributed by atoms with Crippen molar-refractivity contribution >= 4 is 0 Å². The second kappa shape index (κ2) is 4.79. The zero-order valence-electron chi connectivity index (χ0n) is 8.37. The minimum absolute atomic E-state index is 0.118. The van der Waals surface area contributed by atoms with E-state index in [0.717, 1.165) is 6.08 Å². The van der Waals surface area contributed by atoms with Crippen molar-refractivity contribution in [3.8, 4) is 0 Å². The van der Waals surface area contributed by atoms with Crippen LogP contribution in [0.15, 0.2) is 23.3 Å². The quantitative estimate of drug-likeness (QED) is 0.710. The van der Waals surface area contributed by atoms with E-state index in [4.69, 9.17) is 0 Å². The van der Waals surface area contributed by atoms with Gasteiger partial charge in [-0.25, -0.2) is 4.39 Å². The number of likely N-dealkylation sites (N-methyl/N-ethyl adjacent to an activating group) is 1. The first-order valence-corrected chi connectivity index (χ1v) is 4.70. The standard InChI is InChI=1S/C10H13F4N/c1-15-6-7-2-3-9(11)5-8(4-7)10(12,13)14/h4-5,9,15H,2-3,6H2,1H3. The van der Waals surface area contributed by atoms with Crippen molar-refractivity contribution in [1.29, 1.82) is 0 Å². The number of rotatable bonds is 2. The molecule has 1 nitrogen and oxygen atoms in total. The highest BCUT2D eigenvalue weighted by atomic mass is 19.4. The maximum atomic E-state index is 13.0. The summed E-state index contributed by atoms with van der Waals surface area (Å²) in [5, 5.41) is 2.77. The predicted molar refractivity (Wildman–Crippen MR) is 50.3 cm³/mol. The zero-order chi connectivity index (χ0) is 11.5. The molecule has 0 aromatic carbocycles. The van der Waals surface area contributed by atoms with Crippen molar-refractivity contribution in [2.75, 3.05) is 13.6 Å². The summed E-state index contributed by atoms with van der Waals surface area (Å²) in [7, 11) is 1.65. The van der Waals surface area contributed by atoms with E-state index < -0.39 is 17.9 Å². The van der Waals surface area contributed by atoms with Gasteiger partial charge in [-0.05, 0) is 32.0 Å². The monoisotopic (exact) mass is 223 g/mol. The Labute approximate surface area is 85.9 Å². The fraction of sp³-hybridized carbons (Fsp3) is 0.600. The number of hydrogen-bond acceptors (Lipinski definition) is 1. The average Bonchev–Trinajstić information content (AvgIpc) is 2.28. The largest absolute Gasteiger partial charge is 0.416 e. The molecule has 1 aliphatic rings. The summed E-state index contributed by atoms with van der Waals surface area (Å²) in [6.07, 6.45) is -3.80. The SMILES string of the molecule is CNCC1=CC(C(F)(F)F)=CC(F)CC1. The molecule has 86 valence electrons. The maximum absolute atomic E-state index is 13.0. The van der Waals surface area contributed by atoms with Gasteiger partial charge in [0.25, 0.3) is 0 Å². The van der Waals surface area contributed by atoms with Gasteiger partial charge in [0.2, 0.25) is 0 Å². The molecular formula is C10H13F4N. The van der Waals surface area contributed by atoms with Crippen molar-refractivity contribution < 1.29 is 17.6 Å². The lowest BCUT2D eigenvalue weighted by Gasteiger charge is -2.08.